The zero-order valence-corrected chi connectivity index (χ0v) is 10.1. The van der Waals surface area contributed by atoms with Gasteiger partial charge >= 0.3 is 0 Å². The molecule has 0 aromatic rings. The van der Waals surface area contributed by atoms with Gasteiger partial charge in [0, 0.05) is 39.3 Å². The maximum absolute atomic E-state index is 9.32. The Morgan fingerprint density at radius 1 is 1.33 bits per heavy atom. The molecule has 4 heteroatoms. The second-order valence-electron chi connectivity index (χ2n) is 4.63. The minimum atomic E-state index is 0.243. The third-order valence-corrected chi connectivity index (χ3v) is 3.08. The Hall–Kier alpha value is -0.160. The number of hydrogen-bond acceptors (Lipinski definition) is 4. The summed E-state index contributed by atoms with van der Waals surface area (Å²) in [6, 6.07) is 0.270. The van der Waals surface area contributed by atoms with Crippen molar-refractivity contribution in [3.63, 3.8) is 0 Å². The Bertz CT molecular complexity index is 178. The summed E-state index contributed by atoms with van der Waals surface area (Å²) in [5.41, 5.74) is 0. The van der Waals surface area contributed by atoms with Crippen molar-refractivity contribution in [1.29, 1.82) is 0 Å². The van der Waals surface area contributed by atoms with E-state index in [1.165, 1.54) is 0 Å². The molecule has 1 fully saturated rings. The number of aliphatic hydroxyl groups is 1. The molecule has 0 aliphatic carbocycles. The highest BCUT2D eigenvalue weighted by atomic mass is 16.5. The summed E-state index contributed by atoms with van der Waals surface area (Å²) in [6.45, 7) is 7.35. The van der Waals surface area contributed by atoms with Crippen molar-refractivity contribution in [2.24, 2.45) is 5.92 Å². The van der Waals surface area contributed by atoms with E-state index in [1.54, 1.807) is 7.11 Å². The Kier molecular flexibility index (Phi) is 5.53. The van der Waals surface area contributed by atoms with E-state index < -0.39 is 0 Å². The molecule has 1 N–H and O–H groups in total. The molecule has 0 aromatic heterocycles. The highest BCUT2D eigenvalue weighted by Crippen LogP contribution is 2.12. The number of likely N-dealkylation sites (N-methyl/N-ethyl adjacent to an activating group) is 1. The molecule has 1 rings (SSSR count). The van der Waals surface area contributed by atoms with Crippen molar-refractivity contribution >= 4 is 0 Å². The number of methoxy groups -OCH3 is 1. The SMILES string of the molecule is COCCN1CC(C)CN(C)C(CO)C1. The smallest absolute Gasteiger partial charge is 0.0599 e. The van der Waals surface area contributed by atoms with Crippen molar-refractivity contribution in [3.8, 4) is 0 Å². The van der Waals surface area contributed by atoms with Crippen molar-refractivity contribution in [1.82, 2.24) is 9.80 Å². The zero-order valence-electron chi connectivity index (χ0n) is 10.1. The van der Waals surface area contributed by atoms with E-state index in [0.29, 0.717) is 5.92 Å². The standard InChI is InChI=1S/C11H24N2O2/c1-10-6-12(2)11(9-14)8-13(7-10)4-5-15-3/h10-11,14H,4-9H2,1-3H3. The molecule has 2 unspecified atom stereocenters. The van der Waals surface area contributed by atoms with Gasteiger partial charge in [-0.1, -0.05) is 6.92 Å². The Morgan fingerprint density at radius 2 is 2.07 bits per heavy atom. The second-order valence-corrected chi connectivity index (χ2v) is 4.63. The van der Waals surface area contributed by atoms with Gasteiger partial charge in [0.25, 0.3) is 0 Å². The number of ether oxygens (including phenoxy) is 1. The molecule has 1 aliphatic rings. The van der Waals surface area contributed by atoms with Crippen LogP contribution in [0, 0.1) is 5.92 Å². The van der Waals surface area contributed by atoms with E-state index in [2.05, 4.69) is 23.8 Å². The largest absolute Gasteiger partial charge is 0.395 e. The van der Waals surface area contributed by atoms with E-state index in [-0.39, 0.29) is 12.6 Å². The summed E-state index contributed by atoms with van der Waals surface area (Å²) in [6.07, 6.45) is 0. The highest BCUT2D eigenvalue weighted by molar-refractivity contribution is 4.80. The molecule has 1 saturated heterocycles. The molecule has 0 aromatic carbocycles. The molecule has 1 aliphatic heterocycles. The van der Waals surface area contributed by atoms with Crippen molar-refractivity contribution < 1.29 is 9.84 Å². The lowest BCUT2D eigenvalue weighted by Crippen LogP contribution is -2.42. The summed E-state index contributed by atoms with van der Waals surface area (Å²) in [7, 11) is 3.83. The molecule has 15 heavy (non-hydrogen) atoms. The molecular weight excluding hydrogens is 192 g/mol. The summed E-state index contributed by atoms with van der Waals surface area (Å²) in [5, 5.41) is 9.32. The van der Waals surface area contributed by atoms with Gasteiger partial charge in [-0.2, -0.15) is 0 Å². The second kappa shape index (κ2) is 6.43. The molecular formula is C11H24N2O2. The summed E-state index contributed by atoms with van der Waals surface area (Å²) in [4.78, 5) is 4.65. The number of hydrogen-bond donors (Lipinski definition) is 1. The average Bonchev–Trinajstić information content (AvgIpc) is 2.33. The van der Waals surface area contributed by atoms with Gasteiger partial charge < -0.3 is 9.84 Å². The van der Waals surface area contributed by atoms with Gasteiger partial charge in [0.05, 0.1) is 13.2 Å². The topological polar surface area (TPSA) is 35.9 Å². The van der Waals surface area contributed by atoms with Crippen LogP contribution in [0.2, 0.25) is 0 Å². The Labute approximate surface area is 92.8 Å². The number of nitrogens with zero attached hydrogens (tertiary/aromatic N) is 2. The fourth-order valence-corrected chi connectivity index (χ4v) is 2.25. The normalized spacial score (nSPS) is 30.4. The molecule has 0 radical (unpaired) electrons. The molecule has 4 nitrogen and oxygen atoms in total. The third-order valence-electron chi connectivity index (χ3n) is 3.08. The molecule has 0 spiro atoms. The summed E-state index contributed by atoms with van der Waals surface area (Å²) >= 11 is 0. The zero-order chi connectivity index (χ0) is 11.3. The van der Waals surface area contributed by atoms with Crippen molar-refractivity contribution in [3.05, 3.63) is 0 Å². The van der Waals surface area contributed by atoms with Crippen LogP contribution in [0.15, 0.2) is 0 Å². The van der Waals surface area contributed by atoms with Gasteiger partial charge in [-0.25, -0.2) is 0 Å². The first-order chi connectivity index (χ1) is 7.17. The first-order valence-electron chi connectivity index (χ1n) is 5.69. The third kappa shape index (κ3) is 4.07. The lowest BCUT2D eigenvalue weighted by Gasteiger charge is -2.27. The Balaban J connectivity index is 2.49. The van der Waals surface area contributed by atoms with Crippen molar-refractivity contribution in [2.75, 3.05) is 53.6 Å². The minimum Gasteiger partial charge on any atom is -0.395 e. The summed E-state index contributed by atoms with van der Waals surface area (Å²) in [5.74, 6) is 0.656. The van der Waals surface area contributed by atoms with Gasteiger partial charge in [-0.3, -0.25) is 9.80 Å². The van der Waals surface area contributed by atoms with E-state index in [1.807, 2.05) is 0 Å². The molecule has 1 heterocycles. The highest BCUT2D eigenvalue weighted by Gasteiger charge is 2.24. The van der Waals surface area contributed by atoms with Crippen LogP contribution in [0.4, 0.5) is 0 Å². The van der Waals surface area contributed by atoms with Gasteiger partial charge in [0.2, 0.25) is 0 Å². The maximum atomic E-state index is 9.32. The van der Waals surface area contributed by atoms with Gasteiger partial charge in [-0.05, 0) is 13.0 Å². The predicted molar refractivity (Wildman–Crippen MR) is 61.0 cm³/mol. The van der Waals surface area contributed by atoms with Crippen LogP contribution in [0.5, 0.6) is 0 Å². The molecule has 90 valence electrons. The molecule has 0 saturated carbocycles. The monoisotopic (exact) mass is 216 g/mol. The first-order valence-corrected chi connectivity index (χ1v) is 5.69. The van der Waals surface area contributed by atoms with Crippen LogP contribution in [-0.4, -0.2) is 74.5 Å². The predicted octanol–water partition coefficient (Wildman–Crippen LogP) is -0.123. The van der Waals surface area contributed by atoms with Crippen LogP contribution in [-0.2, 0) is 4.74 Å². The number of rotatable bonds is 4. The maximum Gasteiger partial charge on any atom is 0.0599 e. The Morgan fingerprint density at radius 3 is 2.67 bits per heavy atom. The van der Waals surface area contributed by atoms with Crippen LogP contribution in [0.3, 0.4) is 0 Å². The van der Waals surface area contributed by atoms with Gasteiger partial charge in [0.15, 0.2) is 0 Å². The molecule has 2 atom stereocenters. The van der Waals surface area contributed by atoms with Gasteiger partial charge in [-0.15, -0.1) is 0 Å². The average molecular weight is 216 g/mol. The fourth-order valence-electron chi connectivity index (χ4n) is 2.25. The van der Waals surface area contributed by atoms with Gasteiger partial charge in [0.1, 0.15) is 0 Å². The number of aliphatic hydroxyl groups excluding tert-OH is 1. The quantitative estimate of drug-likeness (QED) is 0.710. The van der Waals surface area contributed by atoms with Crippen LogP contribution >= 0.6 is 0 Å². The fraction of sp³-hybridized carbons (Fsp3) is 1.00. The van der Waals surface area contributed by atoms with Crippen LogP contribution in [0.1, 0.15) is 6.92 Å². The molecule has 0 bridgehead atoms. The summed E-state index contributed by atoms with van der Waals surface area (Å²) < 4.78 is 5.10. The lowest BCUT2D eigenvalue weighted by atomic mass is 10.1. The van der Waals surface area contributed by atoms with Crippen molar-refractivity contribution in [2.45, 2.75) is 13.0 Å². The van der Waals surface area contributed by atoms with E-state index >= 15 is 0 Å². The van der Waals surface area contributed by atoms with Crippen LogP contribution < -0.4 is 0 Å². The van der Waals surface area contributed by atoms with E-state index in [4.69, 9.17) is 4.74 Å². The van der Waals surface area contributed by atoms with E-state index in [9.17, 15) is 5.11 Å². The lowest BCUT2D eigenvalue weighted by molar-refractivity contribution is 0.111. The minimum absolute atomic E-state index is 0.243. The first kappa shape index (κ1) is 12.9. The van der Waals surface area contributed by atoms with Crippen LogP contribution in [0.25, 0.3) is 0 Å². The molecule has 0 amide bonds. The van der Waals surface area contributed by atoms with E-state index in [0.717, 1.165) is 32.8 Å².